The first-order valence-corrected chi connectivity index (χ1v) is 0. The van der Waals surface area contributed by atoms with Gasteiger partial charge >= 0.3 is 0 Å². The third-order valence-corrected chi connectivity index (χ3v) is 0. The maximum atomic E-state index is 0. The summed E-state index contributed by atoms with van der Waals surface area (Å²) in [5.74, 6) is 0. The Morgan fingerprint density at radius 1 is 0.600 bits per heavy atom. The van der Waals surface area contributed by atoms with Crippen molar-refractivity contribution in [2.75, 3.05) is 0 Å². The molecule has 0 fully saturated rings. The summed E-state index contributed by atoms with van der Waals surface area (Å²) < 4.78 is 0. The minimum absolute atomic E-state index is 0. The van der Waals surface area contributed by atoms with E-state index < -0.39 is 0 Å². The van der Waals surface area contributed by atoms with Gasteiger partial charge in [0.05, 0.1) is 0 Å². The maximum Gasteiger partial charge on any atom is 0 e. The van der Waals surface area contributed by atoms with Gasteiger partial charge in [0.2, 0.25) is 0 Å². The molecule has 0 aliphatic rings. The fraction of sp³-hybridized carbons (Fsp3) is 0. The van der Waals surface area contributed by atoms with Gasteiger partial charge < -0.3 is 16.4 Å². The van der Waals surface area contributed by atoms with Gasteiger partial charge in [0.15, 0.2) is 0 Å². The molecule has 0 aromatic heterocycles. The second-order valence-corrected chi connectivity index (χ2v) is 0. The second kappa shape index (κ2) is 75.2. The van der Waals surface area contributed by atoms with Gasteiger partial charge in [0.25, 0.3) is 0 Å². The molecule has 0 heterocycles. The van der Waals surface area contributed by atoms with Crippen molar-refractivity contribution in [3.05, 3.63) is 0 Å². The van der Waals surface area contributed by atoms with E-state index in [9.17, 15) is 0 Å². The monoisotopic (exact) mass is 154 g/mol. The van der Waals surface area contributed by atoms with Crippen LogP contribution in [0.15, 0.2) is 0 Å². The fourth-order valence-electron chi connectivity index (χ4n) is 0. The second-order valence-electron chi connectivity index (χ2n) is 0. The Kier molecular flexibility index (Phi) is 2110. The van der Waals surface area contributed by atoms with Crippen molar-refractivity contribution in [3.8, 4) is 0 Å². The summed E-state index contributed by atoms with van der Waals surface area (Å²) in [4.78, 5) is 0. The molecule has 0 amide bonds. The molecule has 0 aromatic rings. The summed E-state index contributed by atoms with van der Waals surface area (Å²) in [6, 6.07) is 0. The predicted molar refractivity (Wildman–Crippen MR) is 16.6 cm³/mol. The molecule has 6 N–H and O–H groups in total. The number of hydrogen-bond acceptors (Lipinski definition) is 0. The zero-order chi connectivity index (χ0) is 0. The van der Waals surface area contributed by atoms with Crippen molar-refractivity contribution in [1.29, 1.82) is 0 Å². The topological polar surface area (TPSA) is 94.5 Å². The molecule has 0 aliphatic heterocycles. The molecular formula is H6BO3Y. The summed E-state index contributed by atoms with van der Waals surface area (Å²) in [5.41, 5.74) is 0. The first-order valence-electron chi connectivity index (χ1n) is 0. The van der Waals surface area contributed by atoms with E-state index in [1.54, 1.807) is 0 Å². The molecule has 0 aliphatic carbocycles. The standard InChI is InChI=1S/B.3H2O.Y/h;3*1H2;. The van der Waals surface area contributed by atoms with Gasteiger partial charge in [-0.2, -0.15) is 0 Å². The van der Waals surface area contributed by atoms with Gasteiger partial charge in [0, 0.05) is 41.1 Å². The zero-order valence-corrected chi connectivity index (χ0v) is 5.49. The van der Waals surface area contributed by atoms with Gasteiger partial charge in [-0.15, -0.1) is 0 Å². The largest absolute Gasteiger partial charge is 0.412 e. The average Bonchev–Trinajstić information content (AvgIpc) is 0. The molecule has 4 radical (unpaired) electrons. The Morgan fingerprint density at radius 2 is 0.600 bits per heavy atom. The molecule has 3 nitrogen and oxygen atoms in total. The van der Waals surface area contributed by atoms with E-state index in [1.807, 2.05) is 0 Å². The molecular weight excluding hydrogens is 148 g/mol. The van der Waals surface area contributed by atoms with Crippen LogP contribution in [0, 0.1) is 0 Å². The van der Waals surface area contributed by atoms with E-state index in [-0.39, 0.29) is 57.6 Å². The summed E-state index contributed by atoms with van der Waals surface area (Å²) in [5, 5.41) is 0. The molecule has 0 saturated carbocycles. The Labute approximate surface area is 57.5 Å². The van der Waals surface area contributed by atoms with E-state index >= 15 is 0 Å². The van der Waals surface area contributed by atoms with Crippen LogP contribution in [-0.4, -0.2) is 24.8 Å². The van der Waals surface area contributed by atoms with Crippen LogP contribution in [0.2, 0.25) is 0 Å². The van der Waals surface area contributed by atoms with Gasteiger partial charge in [-0.25, -0.2) is 0 Å². The van der Waals surface area contributed by atoms with Gasteiger partial charge in [-0.05, 0) is 0 Å². The van der Waals surface area contributed by atoms with E-state index in [0.29, 0.717) is 0 Å². The van der Waals surface area contributed by atoms with Gasteiger partial charge in [-0.1, -0.05) is 0 Å². The van der Waals surface area contributed by atoms with Crippen molar-refractivity contribution in [2.24, 2.45) is 0 Å². The van der Waals surface area contributed by atoms with Crippen molar-refractivity contribution in [3.63, 3.8) is 0 Å². The quantitative estimate of drug-likeness (QED) is 0.335. The minimum Gasteiger partial charge on any atom is -0.412 e. The van der Waals surface area contributed by atoms with E-state index in [2.05, 4.69) is 0 Å². The summed E-state index contributed by atoms with van der Waals surface area (Å²) in [6.45, 7) is 0. The van der Waals surface area contributed by atoms with Crippen LogP contribution >= 0.6 is 0 Å². The van der Waals surface area contributed by atoms with Crippen molar-refractivity contribution in [2.45, 2.75) is 0 Å². The van der Waals surface area contributed by atoms with E-state index in [1.165, 1.54) is 0 Å². The van der Waals surface area contributed by atoms with Gasteiger partial charge in [-0.3, -0.25) is 0 Å². The zero-order valence-electron chi connectivity index (χ0n) is 2.65. The normalized spacial score (nSPS) is 0. The first kappa shape index (κ1) is 140. The first-order chi connectivity index (χ1) is 0. The minimum atomic E-state index is 0. The molecule has 0 rings (SSSR count). The Bertz CT molecular complexity index is 6.85. The van der Waals surface area contributed by atoms with E-state index in [4.69, 9.17) is 0 Å². The molecule has 0 unspecified atom stereocenters. The van der Waals surface area contributed by atoms with E-state index in [0.717, 1.165) is 0 Å². The van der Waals surface area contributed by atoms with Crippen LogP contribution in [0.1, 0.15) is 0 Å². The predicted octanol–water partition coefficient (Wildman–Crippen LogP) is -2.86. The molecule has 5 heteroatoms. The van der Waals surface area contributed by atoms with Crippen LogP contribution in [-0.2, 0) is 32.7 Å². The van der Waals surface area contributed by atoms with Crippen LogP contribution < -0.4 is 0 Å². The maximum absolute atomic E-state index is 0. The molecule has 0 atom stereocenters. The number of hydrogen-bond donors (Lipinski definition) is 0. The summed E-state index contributed by atoms with van der Waals surface area (Å²) in [7, 11) is 0. The molecule has 0 spiro atoms. The molecule has 5 heavy (non-hydrogen) atoms. The van der Waals surface area contributed by atoms with Crippen LogP contribution in [0.4, 0.5) is 0 Å². The Balaban J connectivity index is 0. The van der Waals surface area contributed by atoms with Gasteiger partial charge in [0.1, 0.15) is 0 Å². The molecule has 0 bridgehead atoms. The summed E-state index contributed by atoms with van der Waals surface area (Å²) in [6.07, 6.45) is 0. The smallest absolute Gasteiger partial charge is 0 e. The molecule has 0 aromatic carbocycles. The number of rotatable bonds is 0. The summed E-state index contributed by atoms with van der Waals surface area (Å²) >= 11 is 0. The average molecular weight is 154 g/mol. The van der Waals surface area contributed by atoms with Crippen molar-refractivity contribution < 1.29 is 49.1 Å². The SMILES string of the molecule is O.O.O.[B].[Y]. The molecule has 30 valence electrons. The van der Waals surface area contributed by atoms with Crippen molar-refractivity contribution >= 4 is 8.41 Å². The van der Waals surface area contributed by atoms with Crippen molar-refractivity contribution in [1.82, 2.24) is 0 Å². The van der Waals surface area contributed by atoms with Crippen LogP contribution in [0.3, 0.4) is 0 Å². The molecule has 0 saturated heterocycles. The third-order valence-electron chi connectivity index (χ3n) is 0. The third kappa shape index (κ3) is 42.7. The van der Waals surface area contributed by atoms with Crippen LogP contribution in [0.5, 0.6) is 0 Å². The Morgan fingerprint density at radius 3 is 0.600 bits per heavy atom. The Hall–Kier alpha value is 1.05. The fourth-order valence-corrected chi connectivity index (χ4v) is 0. The van der Waals surface area contributed by atoms with Crippen LogP contribution in [0.25, 0.3) is 0 Å².